The summed E-state index contributed by atoms with van der Waals surface area (Å²) >= 11 is 0.577. The number of hydrogen-bond acceptors (Lipinski definition) is 5. The van der Waals surface area contributed by atoms with Crippen molar-refractivity contribution in [3.8, 4) is 56.4 Å². The first kappa shape index (κ1) is 12.5. The molecule has 0 saturated carbocycles. The van der Waals surface area contributed by atoms with Gasteiger partial charge in [0, 0.05) is 47.6 Å². The maximum absolute atomic E-state index is 9.84. The molecule has 0 aliphatic carbocycles. The largest absolute Gasteiger partial charge is 0.456 e. The number of furan rings is 1. The van der Waals surface area contributed by atoms with Gasteiger partial charge in [-0.05, 0) is 58.5 Å². The number of para-hydroxylation sites is 1. The highest BCUT2D eigenvalue weighted by molar-refractivity contribution is 7.25. The second kappa shape index (κ2) is 11.6. The topological polar surface area (TPSA) is 51.8 Å². The van der Waals surface area contributed by atoms with Gasteiger partial charge in [0.25, 0.3) is 0 Å². The Labute approximate surface area is 329 Å². The van der Waals surface area contributed by atoms with E-state index >= 15 is 0 Å². The molecular formula is C45H27N3OS. The van der Waals surface area contributed by atoms with Gasteiger partial charge in [-0.3, -0.25) is 0 Å². The average Bonchev–Trinajstić information content (AvgIpc) is 4.15. The lowest BCUT2D eigenvalue weighted by Crippen LogP contribution is -1.99. The van der Waals surface area contributed by atoms with Crippen LogP contribution in [0.25, 0.3) is 98.5 Å². The first-order chi connectivity index (χ1) is 36.0. The maximum atomic E-state index is 9.84. The zero-order chi connectivity index (χ0) is 56.5. The SMILES string of the molecule is [2H]c1c([2H])c([2H])c(-c2nc(-c3c([2H])c([2H])c([2H])c([2H])c3[2H])nc(-c3c([2H])c([2H])c4c(sc5c([2H])c([2H])c(-c6c([2H])c(-c7c([2H])c([2H])c([2H])c([2H])c7[2H])c([2H])c7oc8c([2H])c([2H])c([2H])c([2H])c8c67)c([2H])c54)c3[2H])n2)c([2H])c1[2H]. The molecule has 234 valence electrons. The molecule has 0 radical (unpaired) electrons. The summed E-state index contributed by atoms with van der Waals surface area (Å²) in [5.41, 5.74) is -5.87. The van der Waals surface area contributed by atoms with Gasteiger partial charge in [-0.25, -0.2) is 15.0 Å². The van der Waals surface area contributed by atoms with Crippen molar-refractivity contribution >= 4 is 53.4 Å². The standard InChI is InChI=1S/C45H27N3OS/c1-4-12-28(13-5-1)33-25-36(42-35-18-10-11-19-38(35)49-39(42)26-33)31-21-23-40-37(24-31)34-22-20-32(27-41(34)50-40)45-47-43(29-14-6-2-7-15-29)46-44(48-45)30-16-8-3-9-17-30/h1-27H/i1D,2D,3D,4D,5D,6D,7D,8D,9D,10D,11D,12D,13D,14D,15D,16D,17D,18D,19D,20D,21D,22D,23D,24D,25D,26D,27D. The van der Waals surface area contributed by atoms with Crippen LogP contribution in [0.2, 0.25) is 0 Å². The van der Waals surface area contributed by atoms with Crippen molar-refractivity contribution in [3.05, 3.63) is 163 Å². The van der Waals surface area contributed by atoms with Gasteiger partial charge in [-0.15, -0.1) is 11.3 Å². The Kier molecular flexibility index (Phi) is 2.90. The molecule has 0 unspecified atom stereocenters. The number of nitrogens with zero attached hydrogens (tertiary/aromatic N) is 3. The zero-order valence-corrected chi connectivity index (χ0v) is 25.5. The van der Waals surface area contributed by atoms with Crippen LogP contribution in [0.5, 0.6) is 0 Å². The smallest absolute Gasteiger partial charge is 0.164 e. The molecule has 0 aliphatic heterocycles. The third-order valence-electron chi connectivity index (χ3n) is 7.39. The molecule has 4 nitrogen and oxygen atoms in total. The Bertz CT molecular complexity index is 4260. The minimum Gasteiger partial charge on any atom is -0.456 e. The number of aromatic nitrogens is 3. The van der Waals surface area contributed by atoms with Gasteiger partial charge < -0.3 is 4.42 Å². The molecule has 3 heterocycles. The zero-order valence-electron chi connectivity index (χ0n) is 51.7. The first-order valence-electron chi connectivity index (χ1n) is 27.9. The summed E-state index contributed by atoms with van der Waals surface area (Å²) in [4.78, 5) is 12.8. The highest BCUT2D eigenvalue weighted by Gasteiger charge is 2.18. The van der Waals surface area contributed by atoms with Crippen LogP contribution in [-0.2, 0) is 0 Å². The van der Waals surface area contributed by atoms with E-state index in [4.69, 9.17) is 30.5 Å². The molecule has 5 heteroatoms. The van der Waals surface area contributed by atoms with Crippen molar-refractivity contribution in [1.29, 1.82) is 0 Å². The van der Waals surface area contributed by atoms with Crippen LogP contribution in [0, 0.1) is 0 Å². The lowest BCUT2D eigenvalue weighted by atomic mass is 9.93. The highest BCUT2D eigenvalue weighted by atomic mass is 32.1. The number of fused-ring (bicyclic) bond motifs is 6. The van der Waals surface area contributed by atoms with Crippen LogP contribution in [0.4, 0.5) is 0 Å². The normalized spacial score (nSPS) is 19.2. The minimum atomic E-state index is -0.910. The first-order valence-corrected chi connectivity index (χ1v) is 15.2. The van der Waals surface area contributed by atoms with Crippen LogP contribution in [0.1, 0.15) is 37.0 Å². The van der Waals surface area contributed by atoms with Crippen molar-refractivity contribution < 1.29 is 41.4 Å². The fraction of sp³-hybridized carbons (Fsp3) is 0. The van der Waals surface area contributed by atoms with Gasteiger partial charge in [-0.2, -0.15) is 0 Å². The van der Waals surface area contributed by atoms with E-state index in [9.17, 15) is 11.0 Å². The molecular weight excluding hydrogens is 631 g/mol. The van der Waals surface area contributed by atoms with Gasteiger partial charge in [0.15, 0.2) is 17.5 Å². The number of thiophene rings is 1. The fourth-order valence-corrected chi connectivity index (χ4v) is 6.20. The Hall–Kier alpha value is -6.43. The Morgan fingerprint density at radius 3 is 1.70 bits per heavy atom. The third kappa shape index (κ3) is 4.87. The molecule has 0 atom stereocenters. The Morgan fingerprint density at radius 1 is 0.400 bits per heavy atom. The van der Waals surface area contributed by atoms with E-state index in [-0.39, 0.29) is 20.2 Å². The van der Waals surface area contributed by atoms with E-state index in [2.05, 4.69) is 15.0 Å². The van der Waals surface area contributed by atoms with Gasteiger partial charge in [-0.1, -0.05) is 127 Å². The minimum absolute atomic E-state index is 0.253. The number of rotatable bonds is 5. The van der Waals surface area contributed by atoms with E-state index in [1.807, 2.05) is 0 Å². The van der Waals surface area contributed by atoms with Crippen LogP contribution in [0.15, 0.2) is 168 Å². The second-order valence-electron chi connectivity index (χ2n) is 10.3. The van der Waals surface area contributed by atoms with Crippen LogP contribution >= 0.6 is 11.3 Å². The van der Waals surface area contributed by atoms with Gasteiger partial charge in [0.2, 0.25) is 0 Å². The third-order valence-corrected chi connectivity index (χ3v) is 8.41. The van der Waals surface area contributed by atoms with Crippen LogP contribution in [-0.4, -0.2) is 15.0 Å². The predicted octanol–water partition coefficient (Wildman–Crippen LogP) is 12.5. The maximum Gasteiger partial charge on any atom is 0.164 e. The molecule has 0 fully saturated rings. The quantitative estimate of drug-likeness (QED) is 0.181. The summed E-state index contributed by atoms with van der Waals surface area (Å²) in [5.74, 6) is -2.22. The summed E-state index contributed by atoms with van der Waals surface area (Å²) < 4.78 is 243. The molecule has 10 rings (SSSR count). The fourth-order valence-electron chi connectivity index (χ4n) is 5.23. The van der Waals surface area contributed by atoms with Crippen molar-refractivity contribution in [3.63, 3.8) is 0 Å². The van der Waals surface area contributed by atoms with Crippen molar-refractivity contribution in [1.82, 2.24) is 15.0 Å². The molecule has 0 spiro atoms. The highest BCUT2D eigenvalue weighted by Crippen LogP contribution is 2.43. The van der Waals surface area contributed by atoms with Gasteiger partial charge in [0.1, 0.15) is 11.2 Å². The van der Waals surface area contributed by atoms with Gasteiger partial charge >= 0.3 is 0 Å². The number of hydrogen-bond donors (Lipinski definition) is 0. The average molecular weight is 685 g/mol. The molecule has 0 bridgehead atoms. The summed E-state index contributed by atoms with van der Waals surface area (Å²) in [5, 5.41) is -1.67. The molecule has 0 aliphatic rings. The lowest BCUT2D eigenvalue weighted by Gasteiger charge is -2.09. The molecule has 0 saturated heterocycles. The van der Waals surface area contributed by atoms with Crippen molar-refractivity contribution in [2.45, 2.75) is 0 Å². The van der Waals surface area contributed by atoms with E-state index in [0.717, 1.165) is 0 Å². The summed E-state index contributed by atoms with van der Waals surface area (Å²) in [6, 6.07) is -22.3. The molecule has 0 N–H and O–H groups in total. The second-order valence-corrected chi connectivity index (χ2v) is 11.3. The molecule has 0 amide bonds. The monoisotopic (exact) mass is 684 g/mol. The Morgan fingerprint density at radius 2 is 1.00 bits per heavy atom. The van der Waals surface area contributed by atoms with E-state index in [1.165, 1.54) is 0 Å². The van der Waals surface area contributed by atoms with Crippen molar-refractivity contribution in [2.75, 3.05) is 0 Å². The number of benzene rings is 7. The van der Waals surface area contributed by atoms with E-state index < -0.39 is 242 Å². The molecule has 50 heavy (non-hydrogen) atoms. The summed E-state index contributed by atoms with van der Waals surface area (Å²) in [6.07, 6.45) is 0. The predicted molar refractivity (Wildman–Crippen MR) is 207 cm³/mol. The van der Waals surface area contributed by atoms with E-state index in [1.54, 1.807) is 0 Å². The molecule has 7 aromatic carbocycles. The van der Waals surface area contributed by atoms with E-state index in [0.29, 0.717) is 11.3 Å². The Balaban J connectivity index is 1.34. The summed E-state index contributed by atoms with van der Waals surface area (Å²) in [7, 11) is 0. The molecule has 3 aromatic heterocycles. The van der Waals surface area contributed by atoms with Crippen LogP contribution < -0.4 is 0 Å². The lowest BCUT2D eigenvalue weighted by molar-refractivity contribution is 0.669. The van der Waals surface area contributed by atoms with Crippen molar-refractivity contribution in [2.24, 2.45) is 0 Å². The van der Waals surface area contributed by atoms with Crippen LogP contribution in [0.3, 0.4) is 0 Å². The summed E-state index contributed by atoms with van der Waals surface area (Å²) in [6.45, 7) is 0. The molecule has 10 aromatic rings. The van der Waals surface area contributed by atoms with Gasteiger partial charge in [0.05, 0.1) is 37.0 Å².